The fraction of sp³-hybridized carbons (Fsp3) is 0.115. The number of non-ortho nitro benzene ring substituents is 1. The van der Waals surface area contributed by atoms with Gasteiger partial charge in [-0.2, -0.15) is 0 Å². The van der Waals surface area contributed by atoms with E-state index in [4.69, 9.17) is 9.47 Å². The molecular weight excluding hydrogens is 485 g/mol. The maximum Gasteiger partial charge on any atom is 0.335 e. The molecule has 4 rings (SSSR count). The third-order valence-corrected chi connectivity index (χ3v) is 5.26. The summed E-state index contributed by atoms with van der Waals surface area (Å²) in [5.41, 5.74) is 0.555. The van der Waals surface area contributed by atoms with Crippen LogP contribution in [0, 0.1) is 15.9 Å². The molecule has 4 amide bonds. The van der Waals surface area contributed by atoms with E-state index in [-0.39, 0.29) is 30.2 Å². The molecule has 1 aliphatic rings. The van der Waals surface area contributed by atoms with Gasteiger partial charge in [-0.05, 0) is 54.5 Å². The van der Waals surface area contributed by atoms with Crippen molar-refractivity contribution in [3.05, 3.63) is 99.4 Å². The summed E-state index contributed by atoms with van der Waals surface area (Å²) in [5, 5.41) is 13.1. The van der Waals surface area contributed by atoms with E-state index >= 15 is 0 Å². The Bertz CT molecular complexity index is 1440. The van der Waals surface area contributed by atoms with Crippen molar-refractivity contribution in [3.8, 4) is 11.5 Å². The summed E-state index contributed by atoms with van der Waals surface area (Å²) in [7, 11) is 0. The molecule has 0 atom stereocenters. The number of urea groups is 1. The molecule has 3 aromatic rings. The molecule has 11 heteroatoms. The Morgan fingerprint density at radius 1 is 1.00 bits per heavy atom. The summed E-state index contributed by atoms with van der Waals surface area (Å²) >= 11 is 0. The zero-order chi connectivity index (χ0) is 26.5. The topological polar surface area (TPSA) is 128 Å². The van der Waals surface area contributed by atoms with Gasteiger partial charge in [0.05, 0.1) is 17.2 Å². The average molecular weight is 505 g/mol. The van der Waals surface area contributed by atoms with Crippen molar-refractivity contribution >= 4 is 35.3 Å². The van der Waals surface area contributed by atoms with Crippen LogP contribution in [0.4, 0.5) is 20.6 Å². The molecule has 0 spiro atoms. The molecule has 0 bridgehead atoms. The van der Waals surface area contributed by atoms with Crippen molar-refractivity contribution in [1.29, 1.82) is 0 Å². The van der Waals surface area contributed by atoms with Crippen LogP contribution in [0.1, 0.15) is 18.1 Å². The van der Waals surface area contributed by atoms with Crippen molar-refractivity contribution in [2.45, 2.75) is 13.5 Å². The van der Waals surface area contributed by atoms with Gasteiger partial charge in [0.2, 0.25) is 0 Å². The van der Waals surface area contributed by atoms with E-state index in [1.54, 1.807) is 37.3 Å². The normalized spacial score (nSPS) is 14.5. The molecule has 188 valence electrons. The van der Waals surface area contributed by atoms with E-state index in [2.05, 4.69) is 5.32 Å². The molecule has 0 aliphatic carbocycles. The largest absolute Gasteiger partial charge is 0.490 e. The Morgan fingerprint density at radius 2 is 1.78 bits per heavy atom. The lowest BCUT2D eigenvalue weighted by Gasteiger charge is -2.26. The highest BCUT2D eigenvalue weighted by Gasteiger charge is 2.37. The van der Waals surface area contributed by atoms with Gasteiger partial charge in [-0.1, -0.05) is 24.3 Å². The molecule has 1 fully saturated rings. The minimum atomic E-state index is -0.988. The van der Waals surface area contributed by atoms with E-state index in [1.807, 2.05) is 0 Å². The summed E-state index contributed by atoms with van der Waals surface area (Å²) < 4.78 is 25.1. The Kier molecular flexibility index (Phi) is 7.23. The Labute approximate surface area is 210 Å². The van der Waals surface area contributed by atoms with Crippen LogP contribution in [-0.4, -0.2) is 29.4 Å². The summed E-state index contributed by atoms with van der Waals surface area (Å²) in [6.07, 6.45) is 1.28. The number of carbonyl (C=O) groups is 3. The number of rotatable bonds is 8. The quantitative estimate of drug-likeness (QED) is 0.208. The number of benzene rings is 3. The lowest BCUT2D eigenvalue weighted by molar-refractivity contribution is -0.384. The second-order valence-electron chi connectivity index (χ2n) is 7.79. The number of imide groups is 2. The van der Waals surface area contributed by atoms with Crippen molar-refractivity contribution < 1.29 is 33.2 Å². The van der Waals surface area contributed by atoms with Gasteiger partial charge in [0.25, 0.3) is 17.5 Å². The first-order chi connectivity index (χ1) is 17.8. The molecular formula is C26H20FN3O7. The van der Waals surface area contributed by atoms with E-state index in [0.717, 1.165) is 12.1 Å². The molecule has 3 aromatic carbocycles. The first-order valence-electron chi connectivity index (χ1n) is 11.1. The average Bonchev–Trinajstić information content (AvgIpc) is 2.86. The number of halogens is 1. The summed E-state index contributed by atoms with van der Waals surface area (Å²) in [4.78, 5) is 49.0. The Hall–Kier alpha value is -5.06. The molecule has 0 unspecified atom stereocenters. The lowest BCUT2D eigenvalue weighted by Crippen LogP contribution is -2.54. The molecule has 10 nitrogen and oxygen atoms in total. The molecule has 0 saturated carbocycles. The van der Waals surface area contributed by atoms with Crippen LogP contribution in [0.2, 0.25) is 0 Å². The van der Waals surface area contributed by atoms with E-state index in [9.17, 15) is 28.9 Å². The van der Waals surface area contributed by atoms with Crippen molar-refractivity contribution in [1.82, 2.24) is 5.32 Å². The molecule has 0 aromatic heterocycles. The number of nitro groups is 1. The fourth-order valence-electron chi connectivity index (χ4n) is 3.60. The second kappa shape index (κ2) is 10.7. The lowest BCUT2D eigenvalue weighted by atomic mass is 10.1. The van der Waals surface area contributed by atoms with Crippen molar-refractivity contribution in [2.24, 2.45) is 0 Å². The predicted molar refractivity (Wildman–Crippen MR) is 130 cm³/mol. The van der Waals surface area contributed by atoms with Gasteiger partial charge in [-0.25, -0.2) is 14.1 Å². The molecule has 0 radical (unpaired) electrons. The highest BCUT2D eigenvalue weighted by atomic mass is 19.1. The zero-order valence-corrected chi connectivity index (χ0v) is 19.5. The SMILES string of the molecule is CCOc1cc(/C=C2\C(=O)NC(=O)N(c3cccc(F)c3)C2=O)ccc1OCc1cccc([N+](=O)[O-])c1. The number of nitro benzene ring substituents is 1. The molecule has 37 heavy (non-hydrogen) atoms. The maximum atomic E-state index is 13.7. The Balaban J connectivity index is 1.60. The van der Waals surface area contributed by atoms with Gasteiger partial charge in [-0.3, -0.25) is 25.0 Å². The monoisotopic (exact) mass is 505 g/mol. The number of amides is 4. The number of hydrogen-bond acceptors (Lipinski definition) is 7. The smallest absolute Gasteiger partial charge is 0.335 e. The minimum absolute atomic E-state index is 0.0270. The van der Waals surface area contributed by atoms with E-state index in [0.29, 0.717) is 27.5 Å². The van der Waals surface area contributed by atoms with Gasteiger partial charge in [0.15, 0.2) is 11.5 Å². The number of nitrogens with one attached hydrogen (secondary N) is 1. The van der Waals surface area contributed by atoms with Crippen LogP contribution in [0.15, 0.2) is 72.3 Å². The third-order valence-electron chi connectivity index (χ3n) is 5.26. The number of carbonyl (C=O) groups excluding carboxylic acids is 3. The molecule has 1 saturated heterocycles. The molecule has 1 N–H and O–H groups in total. The highest BCUT2D eigenvalue weighted by molar-refractivity contribution is 6.39. The van der Waals surface area contributed by atoms with Crippen molar-refractivity contribution in [3.63, 3.8) is 0 Å². The second-order valence-corrected chi connectivity index (χ2v) is 7.79. The van der Waals surface area contributed by atoms with Crippen LogP contribution in [0.5, 0.6) is 11.5 Å². The number of barbiturate groups is 1. The van der Waals surface area contributed by atoms with Gasteiger partial charge in [0.1, 0.15) is 18.0 Å². The fourth-order valence-corrected chi connectivity index (χ4v) is 3.60. The number of ether oxygens (including phenoxy) is 2. The van der Waals surface area contributed by atoms with Crippen LogP contribution >= 0.6 is 0 Å². The number of anilines is 1. The highest BCUT2D eigenvalue weighted by Crippen LogP contribution is 2.31. The standard InChI is InChI=1S/C26H20FN3O7/c1-2-36-23-13-16(9-10-22(23)37-15-17-5-3-8-20(11-17)30(34)35)12-21-24(31)28-26(33)29(25(21)32)19-7-4-6-18(27)14-19/h3-14H,2,15H2,1H3,(H,28,31,33)/b21-12+. The number of hydrogen-bond donors (Lipinski definition) is 1. The van der Waals surface area contributed by atoms with Gasteiger partial charge in [-0.15, -0.1) is 0 Å². The first kappa shape index (κ1) is 25.0. The zero-order valence-electron chi connectivity index (χ0n) is 19.5. The van der Waals surface area contributed by atoms with Gasteiger partial charge >= 0.3 is 6.03 Å². The van der Waals surface area contributed by atoms with Gasteiger partial charge in [0, 0.05) is 12.1 Å². The third kappa shape index (κ3) is 5.61. The maximum absolute atomic E-state index is 13.7. The summed E-state index contributed by atoms with van der Waals surface area (Å²) in [5.74, 6) is -1.81. The molecule has 1 heterocycles. The number of nitrogens with zero attached hydrogens (tertiary/aromatic N) is 2. The minimum Gasteiger partial charge on any atom is -0.490 e. The summed E-state index contributed by atoms with van der Waals surface area (Å²) in [6.45, 7) is 2.08. The first-order valence-corrected chi connectivity index (χ1v) is 11.1. The van der Waals surface area contributed by atoms with Gasteiger partial charge < -0.3 is 9.47 Å². The van der Waals surface area contributed by atoms with Crippen LogP contribution in [0.3, 0.4) is 0 Å². The van der Waals surface area contributed by atoms with E-state index in [1.165, 1.54) is 30.3 Å². The summed E-state index contributed by atoms with van der Waals surface area (Å²) in [6, 6.07) is 14.6. The van der Waals surface area contributed by atoms with Crippen LogP contribution in [-0.2, 0) is 16.2 Å². The molecule has 1 aliphatic heterocycles. The predicted octanol–water partition coefficient (Wildman–Crippen LogP) is 4.38. The Morgan fingerprint density at radius 3 is 2.51 bits per heavy atom. The van der Waals surface area contributed by atoms with E-state index < -0.39 is 28.6 Å². The van der Waals surface area contributed by atoms with Crippen LogP contribution < -0.4 is 19.7 Å². The van der Waals surface area contributed by atoms with Crippen LogP contribution in [0.25, 0.3) is 6.08 Å². The van der Waals surface area contributed by atoms with Crippen molar-refractivity contribution in [2.75, 3.05) is 11.5 Å².